The molecule has 2 aromatic rings. The number of methoxy groups -OCH3 is 1. The van der Waals surface area contributed by atoms with Crippen LogP contribution in [0.1, 0.15) is 15.9 Å². The molecule has 0 saturated heterocycles. The zero-order valence-electron chi connectivity index (χ0n) is 11.4. The number of aryl methyl sites for hydroxylation is 1. The highest BCUT2D eigenvalue weighted by Crippen LogP contribution is 2.18. The normalized spacial score (nSPS) is 9.95. The molecule has 2 aromatic carbocycles. The number of rotatable bonds is 4. The van der Waals surface area contributed by atoms with E-state index < -0.39 is 0 Å². The molecule has 0 aliphatic carbocycles. The highest BCUT2D eigenvalue weighted by molar-refractivity contribution is 6.05. The minimum atomic E-state index is -0.156. The summed E-state index contributed by atoms with van der Waals surface area (Å²) in [5, 5.41) is 2.84. The Balaban J connectivity index is 2.14. The van der Waals surface area contributed by atoms with Gasteiger partial charge in [-0.25, -0.2) is 0 Å². The van der Waals surface area contributed by atoms with E-state index in [4.69, 9.17) is 10.6 Å². The number of nitrogen functional groups attached to an aromatic ring is 1. The summed E-state index contributed by atoms with van der Waals surface area (Å²) in [6.07, 6.45) is 0. The van der Waals surface area contributed by atoms with Crippen molar-refractivity contribution in [3.05, 3.63) is 53.6 Å². The predicted molar refractivity (Wildman–Crippen MR) is 79.9 cm³/mol. The second-order valence-corrected chi connectivity index (χ2v) is 4.36. The summed E-state index contributed by atoms with van der Waals surface area (Å²) in [5.41, 5.74) is 5.50. The average molecular weight is 271 g/mol. The number of carbonyl (C=O) groups excluding carboxylic acids is 1. The zero-order valence-corrected chi connectivity index (χ0v) is 11.4. The molecule has 0 saturated carbocycles. The lowest BCUT2D eigenvalue weighted by molar-refractivity contribution is 0.102. The lowest BCUT2D eigenvalue weighted by Crippen LogP contribution is -2.14. The summed E-state index contributed by atoms with van der Waals surface area (Å²) in [6.45, 7) is 1.86. The van der Waals surface area contributed by atoms with Gasteiger partial charge in [-0.1, -0.05) is 0 Å². The molecule has 0 aliphatic rings. The maximum Gasteiger partial charge on any atom is 0.255 e. The van der Waals surface area contributed by atoms with Gasteiger partial charge in [0.1, 0.15) is 5.75 Å². The molecule has 1 amide bonds. The largest absolute Gasteiger partial charge is 0.497 e. The van der Waals surface area contributed by atoms with E-state index >= 15 is 0 Å². The fourth-order valence-electron chi connectivity index (χ4n) is 1.88. The Labute approximate surface area is 117 Å². The number of anilines is 2. The minimum absolute atomic E-state index is 0.156. The van der Waals surface area contributed by atoms with E-state index in [-0.39, 0.29) is 5.91 Å². The van der Waals surface area contributed by atoms with Gasteiger partial charge < -0.3 is 15.5 Å². The van der Waals surface area contributed by atoms with Crippen LogP contribution < -0.4 is 21.3 Å². The standard InChI is InChI=1S/C15H17N3O2/c1-10-9-12(18-16)5-8-14(10)15(19)17-11-3-6-13(20-2)7-4-11/h3-9,18H,16H2,1-2H3,(H,17,19). The van der Waals surface area contributed by atoms with Crippen LogP contribution in [0, 0.1) is 6.92 Å². The van der Waals surface area contributed by atoms with E-state index in [0.29, 0.717) is 5.56 Å². The molecule has 2 rings (SSSR count). The van der Waals surface area contributed by atoms with Crippen molar-refractivity contribution >= 4 is 17.3 Å². The summed E-state index contributed by atoms with van der Waals surface area (Å²) in [5.74, 6) is 5.92. The predicted octanol–water partition coefficient (Wildman–Crippen LogP) is 2.54. The smallest absolute Gasteiger partial charge is 0.255 e. The van der Waals surface area contributed by atoms with Gasteiger partial charge in [-0.15, -0.1) is 0 Å². The van der Waals surface area contributed by atoms with Gasteiger partial charge in [0.2, 0.25) is 0 Å². The summed E-state index contributed by atoms with van der Waals surface area (Å²) >= 11 is 0. The first-order valence-corrected chi connectivity index (χ1v) is 6.16. The number of hydrazine groups is 1. The molecule has 0 spiro atoms. The quantitative estimate of drug-likeness (QED) is 0.590. The van der Waals surface area contributed by atoms with Gasteiger partial charge in [0.25, 0.3) is 5.91 Å². The van der Waals surface area contributed by atoms with E-state index in [1.54, 1.807) is 43.5 Å². The van der Waals surface area contributed by atoms with Crippen molar-refractivity contribution in [2.24, 2.45) is 5.84 Å². The number of nitrogens with one attached hydrogen (secondary N) is 2. The maximum atomic E-state index is 12.2. The molecular formula is C15H17N3O2. The van der Waals surface area contributed by atoms with Crippen LogP contribution in [0.25, 0.3) is 0 Å². The van der Waals surface area contributed by atoms with Crippen LogP contribution in [0.15, 0.2) is 42.5 Å². The zero-order chi connectivity index (χ0) is 14.5. The van der Waals surface area contributed by atoms with Gasteiger partial charge in [0.15, 0.2) is 0 Å². The maximum absolute atomic E-state index is 12.2. The summed E-state index contributed by atoms with van der Waals surface area (Å²) in [6, 6.07) is 12.5. The summed E-state index contributed by atoms with van der Waals surface area (Å²) in [7, 11) is 1.60. The molecular weight excluding hydrogens is 254 g/mol. The molecule has 0 unspecified atom stereocenters. The van der Waals surface area contributed by atoms with Crippen molar-refractivity contribution in [2.45, 2.75) is 6.92 Å². The van der Waals surface area contributed by atoms with Gasteiger partial charge in [-0.05, 0) is 55.0 Å². The molecule has 104 valence electrons. The van der Waals surface area contributed by atoms with Crippen molar-refractivity contribution in [3.63, 3.8) is 0 Å². The molecule has 0 bridgehead atoms. The Morgan fingerprint density at radius 2 is 1.75 bits per heavy atom. The van der Waals surface area contributed by atoms with Gasteiger partial charge in [-0.3, -0.25) is 10.6 Å². The number of hydrogen-bond acceptors (Lipinski definition) is 4. The van der Waals surface area contributed by atoms with E-state index in [1.165, 1.54) is 0 Å². The van der Waals surface area contributed by atoms with Crippen LogP contribution in [0.2, 0.25) is 0 Å². The fraction of sp³-hybridized carbons (Fsp3) is 0.133. The highest BCUT2D eigenvalue weighted by atomic mass is 16.5. The Bertz CT molecular complexity index is 609. The third-order valence-corrected chi connectivity index (χ3v) is 2.99. The number of ether oxygens (including phenoxy) is 1. The first-order valence-electron chi connectivity index (χ1n) is 6.16. The van der Waals surface area contributed by atoms with Crippen LogP contribution in [0.4, 0.5) is 11.4 Å². The van der Waals surface area contributed by atoms with E-state index in [0.717, 1.165) is 22.7 Å². The Hall–Kier alpha value is -2.53. The van der Waals surface area contributed by atoms with E-state index in [9.17, 15) is 4.79 Å². The van der Waals surface area contributed by atoms with Crippen molar-refractivity contribution in [1.29, 1.82) is 0 Å². The summed E-state index contributed by atoms with van der Waals surface area (Å²) < 4.78 is 5.07. The van der Waals surface area contributed by atoms with Gasteiger partial charge in [-0.2, -0.15) is 0 Å². The molecule has 0 heterocycles. The van der Waals surface area contributed by atoms with Crippen molar-refractivity contribution in [1.82, 2.24) is 0 Å². The second kappa shape index (κ2) is 6.08. The fourth-order valence-corrected chi connectivity index (χ4v) is 1.88. The molecule has 0 aliphatic heterocycles. The monoisotopic (exact) mass is 271 g/mol. The molecule has 0 radical (unpaired) electrons. The van der Waals surface area contributed by atoms with Gasteiger partial charge in [0.05, 0.1) is 7.11 Å². The van der Waals surface area contributed by atoms with Crippen LogP contribution in [-0.4, -0.2) is 13.0 Å². The molecule has 0 atom stereocenters. The van der Waals surface area contributed by atoms with Crippen molar-refractivity contribution in [3.8, 4) is 5.75 Å². The number of nitrogens with two attached hydrogens (primary N) is 1. The first-order chi connectivity index (χ1) is 9.63. The van der Waals surface area contributed by atoms with Crippen LogP contribution in [0.3, 0.4) is 0 Å². The van der Waals surface area contributed by atoms with Gasteiger partial charge >= 0.3 is 0 Å². The van der Waals surface area contributed by atoms with Gasteiger partial charge in [0, 0.05) is 16.9 Å². The third-order valence-electron chi connectivity index (χ3n) is 2.99. The lowest BCUT2D eigenvalue weighted by atomic mass is 10.1. The molecule has 5 nitrogen and oxygen atoms in total. The summed E-state index contributed by atoms with van der Waals surface area (Å²) in [4.78, 5) is 12.2. The molecule has 20 heavy (non-hydrogen) atoms. The minimum Gasteiger partial charge on any atom is -0.497 e. The van der Waals surface area contributed by atoms with Crippen LogP contribution in [0.5, 0.6) is 5.75 Å². The van der Waals surface area contributed by atoms with Crippen LogP contribution >= 0.6 is 0 Å². The molecule has 4 N–H and O–H groups in total. The molecule has 5 heteroatoms. The number of benzene rings is 2. The highest BCUT2D eigenvalue weighted by Gasteiger charge is 2.09. The number of amides is 1. The third kappa shape index (κ3) is 3.07. The Morgan fingerprint density at radius 3 is 2.30 bits per heavy atom. The topological polar surface area (TPSA) is 76.4 Å². The number of hydrogen-bond donors (Lipinski definition) is 3. The van der Waals surface area contributed by atoms with Crippen LogP contribution in [-0.2, 0) is 0 Å². The first kappa shape index (κ1) is 13.9. The number of carbonyl (C=O) groups is 1. The molecule has 0 fully saturated rings. The Morgan fingerprint density at radius 1 is 1.10 bits per heavy atom. The van der Waals surface area contributed by atoms with E-state index in [2.05, 4.69) is 10.7 Å². The SMILES string of the molecule is COc1ccc(NC(=O)c2ccc(NN)cc2C)cc1. The second-order valence-electron chi connectivity index (χ2n) is 4.36. The molecule has 0 aromatic heterocycles. The van der Waals surface area contributed by atoms with E-state index in [1.807, 2.05) is 13.0 Å². The van der Waals surface area contributed by atoms with Crippen molar-refractivity contribution < 1.29 is 9.53 Å². The lowest BCUT2D eigenvalue weighted by Gasteiger charge is -2.09. The van der Waals surface area contributed by atoms with Crippen molar-refractivity contribution in [2.75, 3.05) is 17.9 Å². The Kier molecular flexibility index (Phi) is 4.22. The average Bonchev–Trinajstić information content (AvgIpc) is 2.47.